The molecule has 1 atom stereocenters. The summed E-state index contributed by atoms with van der Waals surface area (Å²) in [4.78, 5) is 16.5. The van der Waals surface area contributed by atoms with Crippen LogP contribution in [-0.4, -0.2) is 63.9 Å². The van der Waals surface area contributed by atoms with Crippen LogP contribution in [0.25, 0.3) is 5.69 Å². The molecule has 27 heavy (non-hydrogen) atoms. The van der Waals surface area contributed by atoms with Gasteiger partial charge in [-0.15, -0.1) is 16.4 Å². The molecule has 0 saturated carbocycles. The van der Waals surface area contributed by atoms with Crippen molar-refractivity contribution >= 4 is 17.2 Å². The Morgan fingerprint density at radius 3 is 2.81 bits per heavy atom. The van der Waals surface area contributed by atoms with Crippen LogP contribution in [0.15, 0.2) is 48.1 Å². The Morgan fingerprint density at radius 1 is 1.22 bits per heavy atom. The fourth-order valence-corrected chi connectivity index (χ4v) is 4.06. The molecule has 4 rings (SSSR count). The molecule has 8 nitrogen and oxygen atoms in total. The van der Waals surface area contributed by atoms with Gasteiger partial charge in [0.05, 0.1) is 30.5 Å². The second-order valence-corrected chi connectivity index (χ2v) is 7.14. The van der Waals surface area contributed by atoms with Gasteiger partial charge in [0, 0.05) is 24.5 Å². The van der Waals surface area contributed by atoms with Gasteiger partial charge in [-0.25, -0.2) is 0 Å². The van der Waals surface area contributed by atoms with E-state index in [2.05, 4.69) is 37.2 Å². The summed E-state index contributed by atoms with van der Waals surface area (Å²) in [6, 6.07) is 11.6. The van der Waals surface area contributed by atoms with Crippen LogP contribution in [0.1, 0.15) is 21.3 Å². The van der Waals surface area contributed by atoms with Crippen molar-refractivity contribution in [3.8, 4) is 5.69 Å². The highest BCUT2D eigenvalue weighted by Crippen LogP contribution is 2.25. The van der Waals surface area contributed by atoms with E-state index >= 15 is 0 Å². The number of aromatic nitrogens is 4. The van der Waals surface area contributed by atoms with E-state index in [1.54, 1.807) is 17.4 Å². The minimum Gasteiger partial charge on any atom is -0.379 e. The number of carbonyl (C=O) groups is 1. The van der Waals surface area contributed by atoms with Gasteiger partial charge in [-0.3, -0.25) is 9.69 Å². The SMILES string of the molecule is O=C(NC[C@@H](c1cccs1)N1CCOCC1)c1ccccc1-n1cnnn1. The standard InChI is InChI=1S/C18H20N6O2S/c25-18(14-4-1-2-5-15(14)24-13-20-21-22-24)19-12-16(17-6-3-11-27-17)23-7-9-26-10-8-23/h1-6,11,13,16H,7-10,12H2,(H,19,25)/t16-/m0/s1. The number of benzene rings is 1. The normalized spacial score (nSPS) is 16.1. The van der Waals surface area contributed by atoms with Crippen LogP contribution in [0.3, 0.4) is 0 Å². The molecule has 1 fully saturated rings. The van der Waals surface area contributed by atoms with E-state index in [1.807, 2.05) is 24.3 Å². The molecule has 1 saturated heterocycles. The van der Waals surface area contributed by atoms with E-state index < -0.39 is 0 Å². The first-order valence-electron chi connectivity index (χ1n) is 8.79. The number of morpholine rings is 1. The molecule has 0 radical (unpaired) electrons. The summed E-state index contributed by atoms with van der Waals surface area (Å²) in [5.41, 5.74) is 1.19. The topological polar surface area (TPSA) is 85.2 Å². The van der Waals surface area contributed by atoms with Gasteiger partial charge in [-0.05, 0) is 34.0 Å². The number of amides is 1. The number of thiophene rings is 1. The molecule has 0 bridgehead atoms. The van der Waals surface area contributed by atoms with Crippen LogP contribution in [0.5, 0.6) is 0 Å². The van der Waals surface area contributed by atoms with Gasteiger partial charge in [0.15, 0.2) is 0 Å². The maximum absolute atomic E-state index is 12.9. The predicted molar refractivity (Wildman–Crippen MR) is 101 cm³/mol. The van der Waals surface area contributed by atoms with E-state index in [0.717, 1.165) is 26.3 Å². The zero-order chi connectivity index (χ0) is 18.5. The molecule has 1 N–H and O–H groups in total. The average Bonchev–Trinajstić information content (AvgIpc) is 3.43. The highest BCUT2D eigenvalue weighted by atomic mass is 32.1. The smallest absolute Gasteiger partial charge is 0.253 e. The quantitative estimate of drug-likeness (QED) is 0.694. The van der Waals surface area contributed by atoms with Crippen molar-refractivity contribution in [2.24, 2.45) is 0 Å². The van der Waals surface area contributed by atoms with E-state index in [0.29, 0.717) is 17.8 Å². The van der Waals surface area contributed by atoms with Crippen molar-refractivity contribution < 1.29 is 9.53 Å². The molecule has 2 aromatic heterocycles. The van der Waals surface area contributed by atoms with Crippen molar-refractivity contribution in [2.45, 2.75) is 6.04 Å². The van der Waals surface area contributed by atoms with E-state index in [1.165, 1.54) is 15.9 Å². The molecular formula is C18H20N6O2S. The Bertz CT molecular complexity index is 862. The Hall–Kier alpha value is -2.62. The van der Waals surface area contributed by atoms with Crippen LogP contribution in [0.2, 0.25) is 0 Å². The molecule has 1 aliphatic heterocycles. The predicted octanol–water partition coefficient (Wildman–Crippen LogP) is 1.53. The summed E-state index contributed by atoms with van der Waals surface area (Å²) in [5.74, 6) is -0.143. The van der Waals surface area contributed by atoms with Gasteiger partial charge >= 0.3 is 0 Å². The molecule has 9 heteroatoms. The molecule has 0 spiro atoms. The summed E-state index contributed by atoms with van der Waals surface area (Å²) in [5, 5.41) is 16.4. The number of nitrogens with one attached hydrogen (secondary N) is 1. The number of para-hydroxylation sites is 1. The van der Waals surface area contributed by atoms with Gasteiger partial charge in [0.1, 0.15) is 6.33 Å². The van der Waals surface area contributed by atoms with E-state index in [-0.39, 0.29) is 11.9 Å². The Balaban J connectivity index is 1.51. The van der Waals surface area contributed by atoms with E-state index in [9.17, 15) is 4.79 Å². The van der Waals surface area contributed by atoms with E-state index in [4.69, 9.17) is 4.74 Å². The molecule has 1 aliphatic rings. The number of tetrazole rings is 1. The van der Waals surface area contributed by atoms with Crippen LogP contribution < -0.4 is 5.32 Å². The van der Waals surface area contributed by atoms with Crippen molar-refractivity contribution in [3.05, 3.63) is 58.5 Å². The van der Waals surface area contributed by atoms with Crippen LogP contribution >= 0.6 is 11.3 Å². The summed E-state index contributed by atoms with van der Waals surface area (Å²) < 4.78 is 6.97. The van der Waals surface area contributed by atoms with Crippen molar-refractivity contribution in [1.29, 1.82) is 0 Å². The average molecular weight is 384 g/mol. The van der Waals surface area contributed by atoms with Crippen molar-refractivity contribution in [1.82, 2.24) is 30.4 Å². The highest BCUT2D eigenvalue weighted by Gasteiger charge is 2.24. The van der Waals surface area contributed by atoms with Gasteiger partial charge in [0.2, 0.25) is 0 Å². The van der Waals surface area contributed by atoms with Crippen LogP contribution in [0.4, 0.5) is 0 Å². The molecule has 3 heterocycles. The lowest BCUT2D eigenvalue weighted by Gasteiger charge is -2.34. The first kappa shape index (κ1) is 17.8. The molecule has 0 unspecified atom stereocenters. The molecule has 0 aliphatic carbocycles. The molecular weight excluding hydrogens is 364 g/mol. The molecule has 1 amide bonds. The maximum Gasteiger partial charge on any atom is 0.253 e. The number of nitrogens with zero attached hydrogens (tertiary/aromatic N) is 5. The lowest BCUT2D eigenvalue weighted by atomic mass is 10.1. The first-order chi connectivity index (χ1) is 13.3. The van der Waals surface area contributed by atoms with Crippen LogP contribution in [0, 0.1) is 0 Å². The van der Waals surface area contributed by atoms with Gasteiger partial charge < -0.3 is 10.1 Å². The monoisotopic (exact) mass is 384 g/mol. The summed E-state index contributed by atoms with van der Waals surface area (Å²) in [6.07, 6.45) is 1.48. The lowest BCUT2D eigenvalue weighted by molar-refractivity contribution is 0.0169. The third-order valence-corrected chi connectivity index (χ3v) is 5.53. The first-order valence-corrected chi connectivity index (χ1v) is 9.66. The fourth-order valence-electron chi connectivity index (χ4n) is 3.20. The third-order valence-electron chi connectivity index (χ3n) is 4.56. The third kappa shape index (κ3) is 4.05. The minimum atomic E-state index is -0.143. The number of hydrogen-bond acceptors (Lipinski definition) is 7. The highest BCUT2D eigenvalue weighted by molar-refractivity contribution is 7.10. The van der Waals surface area contributed by atoms with Crippen LogP contribution in [-0.2, 0) is 4.74 Å². The Morgan fingerprint density at radius 2 is 2.07 bits per heavy atom. The Kier molecular flexibility index (Phi) is 5.52. The second kappa shape index (κ2) is 8.38. The van der Waals surface area contributed by atoms with Crippen molar-refractivity contribution in [2.75, 3.05) is 32.8 Å². The second-order valence-electron chi connectivity index (χ2n) is 6.16. The Labute approximate surface area is 160 Å². The zero-order valence-electron chi connectivity index (χ0n) is 14.7. The van der Waals surface area contributed by atoms with Gasteiger partial charge in [-0.1, -0.05) is 18.2 Å². The maximum atomic E-state index is 12.9. The zero-order valence-corrected chi connectivity index (χ0v) is 15.5. The summed E-state index contributed by atoms with van der Waals surface area (Å²) in [6.45, 7) is 3.69. The number of ether oxygens (including phenoxy) is 1. The van der Waals surface area contributed by atoms with Crippen molar-refractivity contribution in [3.63, 3.8) is 0 Å². The number of hydrogen-bond donors (Lipinski definition) is 1. The molecule has 140 valence electrons. The molecule has 3 aromatic rings. The summed E-state index contributed by atoms with van der Waals surface area (Å²) >= 11 is 1.71. The lowest BCUT2D eigenvalue weighted by Crippen LogP contribution is -2.43. The molecule has 1 aromatic carbocycles. The largest absolute Gasteiger partial charge is 0.379 e. The fraction of sp³-hybridized carbons (Fsp3) is 0.333. The minimum absolute atomic E-state index is 0.137. The number of carbonyl (C=O) groups excluding carboxylic acids is 1. The van der Waals surface area contributed by atoms with Gasteiger partial charge in [-0.2, -0.15) is 4.68 Å². The number of rotatable bonds is 6. The van der Waals surface area contributed by atoms with Gasteiger partial charge in [0.25, 0.3) is 5.91 Å². The summed E-state index contributed by atoms with van der Waals surface area (Å²) in [7, 11) is 0.